The second-order valence-electron chi connectivity index (χ2n) is 5.69. The molecule has 6 nitrogen and oxygen atoms in total. The van der Waals surface area contributed by atoms with Crippen LogP contribution in [0.2, 0.25) is 5.02 Å². The van der Waals surface area contributed by atoms with Gasteiger partial charge in [-0.2, -0.15) is 0 Å². The van der Waals surface area contributed by atoms with E-state index in [1.807, 2.05) is 36.4 Å². The number of rotatable bonds is 4. The van der Waals surface area contributed by atoms with Crippen molar-refractivity contribution in [2.75, 3.05) is 5.32 Å². The van der Waals surface area contributed by atoms with Gasteiger partial charge in [-0.25, -0.2) is 14.8 Å². The van der Waals surface area contributed by atoms with Gasteiger partial charge in [0.1, 0.15) is 5.82 Å². The number of nitrogens with zero attached hydrogens (tertiary/aromatic N) is 2. The zero-order chi connectivity index (χ0) is 18.8. The second kappa shape index (κ2) is 7.67. The number of carbonyl (C=O) groups is 1. The lowest BCUT2D eigenvalue weighted by atomic mass is 10.2. The highest BCUT2D eigenvalue weighted by atomic mass is 79.9. The summed E-state index contributed by atoms with van der Waals surface area (Å²) in [7, 11) is 0. The molecule has 136 valence electrons. The highest BCUT2D eigenvalue weighted by molar-refractivity contribution is 9.10. The number of thiazole rings is 1. The summed E-state index contributed by atoms with van der Waals surface area (Å²) in [5, 5.41) is 6.65. The molecule has 0 aliphatic rings. The van der Waals surface area contributed by atoms with E-state index >= 15 is 0 Å². The lowest BCUT2D eigenvalue weighted by Gasteiger charge is -2.03. The molecule has 9 heteroatoms. The molecule has 0 unspecified atom stereocenters. The van der Waals surface area contributed by atoms with Crippen LogP contribution >= 0.6 is 38.9 Å². The molecule has 0 spiro atoms. The van der Waals surface area contributed by atoms with E-state index in [0.717, 1.165) is 25.9 Å². The summed E-state index contributed by atoms with van der Waals surface area (Å²) in [6, 6.07) is 13.0. The molecule has 27 heavy (non-hydrogen) atoms. The van der Waals surface area contributed by atoms with Gasteiger partial charge in [0.05, 0.1) is 28.7 Å². The summed E-state index contributed by atoms with van der Waals surface area (Å²) in [6.07, 6.45) is 1.75. The van der Waals surface area contributed by atoms with E-state index in [1.54, 1.807) is 12.3 Å². The molecule has 4 aromatic rings. The van der Waals surface area contributed by atoms with Gasteiger partial charge in [-0.05, 0) is 35.9 Å². The Bertz CT molecular complexity index is 1110. The van der Waals surface area contributed by atoms with Crippen LogP contribution in [0.15, 0.2) is 53.1 Å². The number of halogens is 2. The summed E-state index contributed by atoms with van der Waals surface area (Å²) in [5.74, 6) is 0.666. The molecule has 0 saturated carbocycles. The van der Waals surface area contributed by atoms with Crippen LogP contribution in [0, 0.1) is 0 Å². The minimum atomic E-state index is -0.346. The number of imidazole rings is 1. The maximum atomic E-state index is 12.1. The first-order valence-corrected chi connectivity index (χ1v) is 9.96. The molecule has 0 aliphatic carbocycles. The number of urea groups is 1. The number of H-pyrrole nitrogens is 1. The van der Waals surface area contributed by atoms with Gasteiger partial charge in [-0.15, -0.1) is 0 Å². The Morgan fingerprint density at radius 3 is 2.85 bits per heavy atom. The Morgan fingerprint density at radius 2 is 2.04 bits per heavy atom. The SMILES string of the molecule is O=C(NCc1ncc(-c2ccc(Br)cc2)[nH]1)Nc1nc2ccc(Cl)cc2s1. The standard InChI is InChI=1S/C18H13BrClN5OS/c19-11-3-1-10(2-4-11)14-8-21-16(23-14)9-22-17(26)25-18-24-13-6-5-12(20)7-15(13)27-18/h1-8H,9H2,(H,21,23)(H2,22,24,25,26). The van der Waals surface area contributed by atoms with Crippen molar-refractivity contribution in [3.8, 4) is 11.3 Å². The van der Waals surface area contributed by atoms with Crippen LogP contribution in [-0.2, 0) is 6.54 Å². The molecule has 2 aromatic heterocycles. The van der Waals surface area contributed by atoms with Gasteiger partial charge in [-0.3, -0.25) is 5.32 Å². The molecule has 2 heterocycles. The Labute approximate surface area is 172 Å². The van der Waals surface area contributed by atoms with Crippen LogP contribution in [0.1, 0.15) is 5.82 Å². The zero-order valence-corrected chi connectivity index (χ0v) is 17.0. The Balaban J connectivity index is 1.36. The second-order valence-corrected chi connectivity index (χ2v) is 8.07. The highest BCUT2D eigenvalue weighted by Crippen LogP contribution is 2.28. The number of hydrogen-bond acceptors (Lipinski definition) is 4. The molecule has 0 atom stereocenters. The van der Waals surface area contributed by atoms with Gasteiger partial charge in [-0.1, -0.05) is 51.0 Å². The summed E-state index contributed by atoms with van der Waals surface area (Å²) >= 11 is 10.8. The van der Waals surface area contributed by atoms with Gasteiger partial charge in [0.2, 0.25) is 0 Å². The number of nitrogens with one attached hydrogen (secondary N) is 3. The first-order chi connectivity index (χ1) is 13.1. The summed E-state index contributed by atoms with van der Waals surface area (Å²) < 4.78 is 1.93. The molecule has 4 rings (SSSR count). The first kappa shape index (κ1) is 18.0. The Hall–Kier alpha value is -2.42. The monoisotopic (exact) mass is 461 g/mol. The van der Waals surface area contributed by atoms with E-state index in [1.165, 1.54) is 11.3 Å². The average molecular weight is 463 g/mol. The lowest BCUT2D eigenvalue weighted by Crippen LogP contribution is -2.28. The van der Waals surface area contributed by atoms with Crippen molar-refractivity contribution < 1.29 is 4.79 Å². The van der Waals surface area contributed by atoms with E-state index < -0.39 is 0 Å². The van der Waals surface area contributed by atoms with Gasteiger partial charge in [0.15, 0.2) is 5.13 Å². The molecule has 0 bridgehead atoms. The average Bonchev–Trinajstić information content (AvgIpc) is 3.26. The summed E-state index contributed by atoms with van der Waals surface area (Å²) in [5.41, 5.74) is 2.71. The van der Waals surface area contributed by atoms with Crippen LogP contribution in [0.25, 0.3) is 21.5 Å². The first-order valence-electron chi connectivity index (χ1n) is 7.97. The van der Waals surface area contributed by atoms with Crippen molar-refractivity contribution >= 4 is 60.2 Å². The van der Waals surface area contributed by atoms with Crippen LogP contribution in [0.5, 0.6) is 0 Å². The number of carbonyl (C=O) groups excluding carboxylic acids is 1. The largest absolute Gasteiger partial charge is 0.341 e. The van der Waals surface area contributed by atoms with Crippen molar-refractivity contribution in [2.24, 2.45) is 0 Å². The minimum absolute atomic E-state index is 0.277. The lowest BCUT2D eigenvalue weighted by molar-refractivity contribution is 0.251. The number of aromatic nitrogens is 3. The molecule has 0 fully saturated rings. The fourth-order valence-corrected chi connectivity index (χ4v) is 3.89. The van der Waals surface area contributed by atoms with Gasteiger partial charge in [0.25, 0.3) is 0 Å². The molecule has 0 aliphatic heterocycles. The van der Waals surface area contributed by atoms with Crippen LogP contribution in [-0.4, -0.2) is 21.0 Å². The number of fused-ring (bicyclic) bond motifs is 1. The molecular formula is C18H13BrClN5OS. The molecule has 0 radical (unpaired) electrons. The van der Waals surface area contributed by atoms with Gasteiger partial charge >= 0.3 is 6.03 Å². The molecule has 2 amide bonds. The third-order valence-electron chi connectivity index (χ3n) is 3.77. The third kappa shape index (κ3) is 4.29. The predicted octanol–water partition coefficient (Wildman–Crippen LogP) is 5.42. The Kier molecular flexibility index (Phi) is 5.11. The Morgan fingerprint density at radius 1 is 1.22 bits per heavy atom. The van der Waals surface area contributed by atoms with Crippen molar-refractivity contribution in [3.63, 3.8) is 0 Å². The maximum Gasteiger partial charge on any atom is 0.321 e. The normalized spacial score (nSPS) is 10.9. The predicted molar refractivity (Wildman–Crippen MR) is 112 cm³/mol. The maximum absolute atomic E-state index is 12.1. The fraction of sp³-hybridized carbons (Fsp3) is 0.0556. The van der Waals surface area contributed by atoms with Crippen molar-refractivity contribution in [2.45, 2.75) is 6.54 Å². The van der Waals surface area contributed by atoms with Crippen molar-refractivity contribution in [1.29, 1.82) is 0 Å². The van der Waals surface area contributed by atoms with Crippen LogP contribution in [0.4, 0.5) is 9.93 Å². The van der Waals surface area contributed by atoms with E-state index in [0.29, 0.717) is 16.0 Å². The zero-order valence-electron chi connectivity index (χ0n) is 13.8. The topological polar surface area (TPSA) is 82.7 Å². The van der Waals surface area contributed by atoms with Gasteiger partial charge < -0.3 is 10.3 Å². The third-order valence-corrected chi connectivity index (χ3v) is 5.47. The number of aromatic amines is 1. The molecular weight excluding hydrogens is 450 g/mol. The van der Waals surface area contributed by atoms with Crippen LogP contribution in [0.3, 0.4) is 0 Å². The van der Waals surface area contributed by atoms with Crippen molar-refractivity contribution in [1.82, 2.24) is 20.3 Å². The smallest absolute Gasteiger partial charge is 0.321 e. The quantitative estimate of drug-likeness (QED) is 0.378. The number of benzene rings is 2. The fourth-order valence-electron chi connectivity index (χ4n) is 2.49. The van der Waals surface area contributed by atoms with Crippen molar-refractivity contribution in [3.05, 3.63) is 64.0 Å². The number of hydrogen-bond donors (Lipinski definition) is 3. The highest BCUT2D eigenvalue weighted by Gasteiger charge is 2.09. The van der Waals surface area contributed by atoms with E-state index in [2.05, 4.69) is 41.5 Å². The van der Waals surface area contributed by atoms with Crippen LogP contribution < -0.4 is 10.6 Å². The summed E-state index contributed by atoms with van der Waals surface area (Å²) in [4.78, 5) is 24.0. The van der Waals surface area contributed by atoms with E-state index in [-0.39, 0.29) is 12.6 Å². The molecule has 3 N–H and O–H groups in total. The molecule has 0 saturated heterocycles. The summed E-state index contributed by atoms with van der Waals surface area (Å²) in [6.45, 7) is 0.277. The van der Waals surface area contributed by atoms with E-state index in [9.17, 15) is 4.79 Å². The number of amides is 2. The van der Waals surface area contributed by atoms with E-state index in [4.69, 9.17) is 11.6 Å². The van der Waals surface area contributed by atoms with Gasteiger partial charge in [0, 0.05) is 9.50 Å². The molecule has 2 aromatic carbocycles. The minimum Gasteiger partial charge on any atom is -0.341 e. The number of anilines is 1.